The molecule has 25 heavy (non-hydrogen) atoms. The summed E-state index contributed by atoms with van der Waals surface area (Å²) in [6.07, 6.45) is 0. The number of benzene rings is 1. The Bertz CT molecular complexity index is 900. The third-order valence-corrected chi connectivity index (χ3v) is 7.93. The van der Waals surface area contributed by atoms with Gasteiger partial charge in [-0.15, -0.1) is 11.3 Å². The summed E-state index contributed by atoms with van der Waals surface area (Å²) in [6.45, 7) is 5.29. The molecule has 2 heterocycles. The van der Waals surface area contributed by atoms with Crippen molar-refractivity contribution in [1.29, 1.82) is 0 Å². The monoisotopic (exact) mass is 442 g/mol. The third kappa shape index (κ3) is 3.81. The van der Waals surface area contributed by atoms with Crippen molar-refractivity contribution in [2.75, 3.05) is 26.2 Å². The predicted molar refractivity (Wildman–Crippen MR) is 103 cm³/mol. The van der Waals surface area contributed by atoms with Crippen molar-refractivity contribution < 1.29 is 13.2 Å². The smallest absolute Gasteiger partial charge is 0.264 e. The molecule has 134 valence electrons. The van der Waals surface area contributed by atoms with Crippen molar-refractivity contribution >= 4 is 43.2 Å². The first-order valence-electron chi connectivity index (χ1n) is 7.91. The normalized spacial score (nSPS) is 16.2. The van der Waals surface area contributed by atoms with Crippen LogP contribution in [-0.2, 0) is 10.0 Å². The topological polar surface area (TPSA) is 57.7 Å². The summed E-state index contributed by atoms with van der Waals surface area (Å²) < 4.78 is 28.0. The maximum Gasteiger partial charge on any atom is 0.264 e. The molecular weight excluding hydrogens is 424 g/mol. The van der Waals surface area contributed by atoms with E-state index in [1.54, 1.807) is 23.1 Å². The van der Waals surface area contributed by atoms with Crippen LogP contribution in [0.2, 0.25) is 0 Å². The minimum absolute atomic E-state index is 0.0427. The first kappa shape index (κ1) is 18.6. The first-order valence-corrected chi connectivity index (χ1v) is 11.0. The number of thiophene rings is 1. The lowest BCUT2D eigenvalue weighted by Gasteiger charge is -2.33. The average molecular weight is 443 g/mol. The fourth-order valence-electron chi connectivity index (χ4n) is 2.74. The van der Waals surface area contributed by atoms with Crippen LogP contribution in [0.15, 0.2) is 39.0 Å². The van der Waals surface area contributed by atoms with E-state index < -0.39 is 10.0 Å². The second-order valence-electron chi connectivity index (χ2n) is 6.05. The van der Waals surface area contributed by atoms with Crippen molar-refractivity contribution in [3.05, 3.63) is 50.1 Å². The molecule has 1 fully saturated rings. The van der Waals surface area contributed by atoms with Gasteiger partial charge in [0.1, 0.15) is 0 Å². The van der Waals surface area contributed by atoms with Crippen molar-refractivity contribution in [2.24, 2.45) is 0 Å². The van der Waals surface area contributed by atoms with Crippen molar-refractivity contribution in [1.82, 2.24) is 9.21 Å². The number of halogens is 1. The van der Waals surface area contributed by atoms with E-state index >= 15 is 0 Å². The highest BCUT2D eigenvalue weighted by Gasteiger charge is 2.30. The zero-order valence-corrected chi connectivity index (χ0v) is 17.2. The predicted octanol–water partition coefficient (Wildman–Crippen LogP) is 3.27. The minimum Gasteiger partial charge on any atom is -0.335 e. The highest BCUT2D eigenvalue weighted by Crippen LogP contribution is 2.25. The standard InChI is InChI=1S/C17H19BrN2O3S2/c1-12-3-4-14(11-13(12)2)25(22,23)20-9-7-19(8-10-20)17(21)15-5-6-16(18)24-15/h3-6,11H,7-10H2,1-2H3. The molecule has 0 spiro atoms. The zero-order valence-electron chi connectivity index (χ0n) is 14.0. The summed E-state index contributed by atoms with van der Waals surface area (Å²) >= 11 is 4.75. The van der Waals surface area contributed by atoms with Crippen LogP contribution in [0.1, 0.15) is 20.8 Å². The quantitative estimate of drug-likeness (QED) is 0.732. The van der Waals surface area contributed by atoms with Gasteiger partial charge < -0.3 is 4.90 Å². The maximum atomic E-state index is 12.8. The summed E-state index contributed by atoms with van der Waals surface area (Å²) in [5, 5.41) is 0. The molecule has 1 aliphatic rings. The second-order valence-corrected chi connectivity index (χ2v) is 10.4. The number of aryl methyl sites for hydroxylation is 2. The molecule has 3 rings (SSSR count). The zero-order chi connectivity index (χ0) is 18.2. The van der Waals surface area contributed by atoms with Gasteiger partial charge >= 0.3 is 0 Å². The summed E-state index contributed by atoms with van der Waals surface area (Å²) in [5.41, 5.74) is 2.02. The molecule has 1 amide bonds. The van der Waals surface area contributed by atoms with Gasteiger partial charge in [-0.2, -0.15) is 4.31 Å². The Morgan fingerprint density at radius 3 is 2.28 bits per heavy atom. The fraction of sp³-hybridized carbons (Fsp3) is 0.353. The van der Waals surface area contributed by atoms with E-state index in [0.717, 1.165) is 14.9 Å². The number of sulfonamides is 1. The van der Waals surface area contributed by atoms with Crippen LogP contribution in [0, 0.1) is 13.8 Å². The van der Waals surface area contributed by atoms with Crippen LogP contribution >= 0.6 is 27.3 Å². The Kier molecular flexibility index (Phi) is 5.34. The molecular formula is C17H19BrN2O3S2. The highest BCUT2D eigenvalue weighted by molar-refractivity contribution is 9.11. The Hall–Kier alpha value is -1.22. The molecule has 0 bridgehead atoms. The van der Waals surface area contributed by atoms with E-state index in [4.69, 9.17) is 0 Å². The summed E-state index contributed by atoms with van der Waals surface area (Å²) in [7, 11) is -3.52. The lowest BCUT2D eigenvalue weighted by atomic mass is 10.1. The van der Waals surface area contributed by atoms with E-state index in [9.17, 15) is 13.2 Å². The number of hydrogen-bond donors (Lipinski definition) is 0. The van der Waals surface area contributed by atoms with Crippen LogP contribution < -0.4 is 0 Å². The summed E-state index contributed by atoms with van der Waals surface area (Å²) in [4.78, 5) is 15.2. The van der Waals surface area contributed by atoms with Crippen LogP contribution in [-0.4, -0.2) is 49.7 Å². The highest BCUT2D eigenvalue weighted by atomic mass is 79.9. The Morgan fingerprint density at radius 2 is 1.72 bits per heavy atom. The van der Waals surface area contributed by atoms with Gasteiger partial charge in [0.15, 0.2) is 0 Å². The van der Waals surface area contributed by atoms with Crippen LogP contribution in [0.25, 0.3) is 0 Å². The van der Waals surface area contributed by atoms with E-state index in [0.29, 0.717) is 36.0 Å². The van der Waals surface area contributed by atoms with Crippen LogP contribution in [0.5, 0.6) is 0 Å². The lowest BCUT2D eigenvalue weighted by molar-refractivity contribution is 0.0703. The van der Waals surface area contributed by atoms with Gasteiger partial charge in [0.2, 0.25) is 10.0 Å². The number of carbonyl (C=O) groups excluding carboxylic acids is 1. The van der Waals surface area contributed by atoms with Gasteiger partial charge in [0.05, 0.1) is 13.6 Å². The Morgan fingerprint density at radius 1 is 1.04 bits per heavy atom. The summed E-state index contributed by atoms with van der Waals surface area (Å²) in [5.74, 6) is -0.0427. The van der Waals surface area contributed by atoms with Gasteiger partial charge in [0.25, 0.3) is 5.91 Å². The molecule has 2 aromatic rings. The van der Waals surface area contributed by atoms with E-state index in [1.807, 2.05) is 26.0 Å². The van der Waals surface area contributed by atoms with Gasteiger partial charge in [-0.25, -0.2) is 8.42 Å². The SMILES string of the molecule is Cc1ccc(S(=O)(=O)N2CCN(C(=O)c3ccc(Br)s3)CC2)cc1C. The lowest BCUT2D eigenvalue weighted by Crippen LogP contribution is -2.50. The molecule has 0 atom stereocenters. The number of rotatable bonds is 3. The largest absolute Gasteiger partial charge is 0.335 e. The molecule has 1 aromatic heterocycles. The number of amides is 1. The number of hydrogen-bond acceptors (Lipinski definition) is 4. The average Bonchev–Trinajstić information content (AvgIpc) is 3.03. The third-order valence-electron chi connectivity index (χ3n) is 4.43. The Balaban J connectivity index is 1.71. The van der Waals surface area contributed by atoms with Gasteiger partial charge in [-0.05, 0) is 65.2 Å². The molecule has 8 heteroatoms. The van der Waals surface area contributed by atoms with E-state index in [2.05, 4.69) is 15.9 Å². The van der Waals surface area contributed by atoms with Crippen molar-refractivity contribution in [3.63, 3.8) is 0 Å². The van der Waals surface area contributed by atoms with E-state index in [1.165, 1.54) is 15.6 Å². The molecule has 0 unspecified atom stereocenters. The molecule has 0 N–H and O–H groups in total. The molecule has 0 radical (unpaired) electrons. The van der Waals surface area contributed by atoms with Crippen LogP contribution in [0.3, 0.4) is 0 Å². The van der Waals surface area contributed by atoms with Crippen molar-refractivity contribution in [3.8, 4) is 0 Å². The number of piperazine rings is 1. The molecule has 0 aliphatic carbocycles. The van der Waals surface area contributed by atoms with Gasteiger partial charge in [0, 0.05) is 26.2 Å². The molecule has 1 aliphatic heterocycles. The van der Waals surface area contributed by atoms with E-state index in [-0.39, 0.29) is 5.91 Å². The number of carbonyl (C=O) groups is 1. The minimum atomic E-state index is -3.52. The molecule has 0 saturated carbocycles. The van der Waals surface area contributed by atoms with Gasteiger partial charge in [-0.1, -0.05) is 6.07 Å². The van der Waals surface area contributed by atoms with Crippen LogP contribution in [0.4, 0.5) is 0 Å². The molecule has 1 aromatic carbocycles. The summed E-state index contributed by atoms with van der Waals surface area (Å²) in [6, 6.07) is 8.83. The van der Waals surface area contributed by atoms with Crippen molar-refractivity contribution in [2.45, 2.75) is 18.7 Å². The van der Waals surface area contributed by atoms with Gasteiger partial charge in [-0.3, -0.25) is 4.79 Å². The Labute approximate surface area is 160 Å². The molecule has 5 nitrogen and oxygen atoms in total. The maximum absolute atomic E-state index is 12.8. The first-order chi connectivity index (χ1) is 11.8. The second kappa shape index (κ2) is 7.19. The fourth-order valence-corrected chi connectivity index (χ4v) is 5.60. The molecule has 1 saturated heterocycles. The number of nitrogens with zero attached hydrogens (tertiary/aromatic N) is 2.